The van der Waals surface area contributed by atoms with Crippen LogP contribution in [0.15, 0.2) is 23.8 Å². The molecule has 0 aromatic heterocycles. The molecule has 0 aromatic carbocycles. The Balaban J connectivity index is 1.41. The summed E-state index contributed by atoms with van der Waals surface area (Å²) < 4.78 is 5.13. The summed E-state index contributed by atoms with van der Waals surface area (Å²) in [5.74, 6) is -1.21. The van der Waals surface area contributed by atoms with E-state index in [0.29, 0.717) is 19.3 Å². The molecule has 3 saturated carbocycles. The maximum absolute atomic E-state index is 13.2. The number of nitrogens with zero attached hydrogens (tertiary/aromatic N) is 1. The minimum atomic E-state index is -1.71. The van der Waals surface area contributed by atoms with Crippen LogP contribution in [0.25, 0.3) is 0 Å². The lowest BCUT2D eigenvalue weighted by Crippen LogP contribution is -2.61. The lowest BCUT2D eigenvalue weighted by atomic mass is 9.46. The predicted molar refractivity (Wildman–Crippen MR) is 126 cm³/mol. The van der Waals surface area contributed by atoms with Crippen LogP contribution in [-0.2, 0) is 24.0 Å². The van der Waals surface area contributed by atoms with E-state index in [-0.39, 0.29) is 49.4 Å². The molecule has 10 nitrogen and oxygen atoms in total. The van der Waals surface area contributed by atoms with E-state index in [1.807, 2.05) is 13.0 Å². The standard InChI is InChI=1S/C26H35NO9/c1-24-10-8-17(28)13-16(24)6-7-18-19-9-11-26(32,25(19,2)14-20(29)23(18)24)21(30)15-35-22(31)5-3-4-12-36-27(33)34/h8,10,13,18-20,23,29,32H,3-7,9,11-12,14-15H2,1-2H3/t18-,19-,20?,23+,24-,25-,26-/m0/s1. The highest BCUT2D eigenvalue weighted by atomic mass is 16.9. The van der Waals surface area contributed by atoms with Gasteiger partial charge in [0.2, 0.25) is 5.78 Å². The summed E-state index contributed by atoms with van der Waals surface area (Å²) in [7, 11) is 0. The average Bonchev–Trinajstić information content (AvgIpc) is 3.08. The summed E-state index contributed by atoms with van der Waals surface area (Å²) in [4.78, 5) is 51.6. The molecule has 0 aliphatic heterocycles. The number of rotatable bonds is 9. The Morgan fingerprint density at radius 1 is 1.25 bits per heavy atom. The molecule has 3 fully saturated rings. The van der Waals surface area contributed by atoms with Crippen molar-refractivity contribution in [1.29, 1.82) is 0 Å². The molecule has 4 rings (SSSR count). The summed E-state index contributed by atoms with van der Waals surface area (Å²) >= 11 is 0. The topological polar surface area (TPSA) is 153 Å². The predicted octanol–water partition coefficient (Wildman–Crippen LogP) is 2.49. The molecule has 10 heteroatoms. The van der Waals surface area contributed by atoms with Crippen molar-refractivity contribution in [3.63, 3.8) is 0 Å². The molecule has 36 heavy (non-hydrogen) atoms. The second-order valence-electron chi connectivity index (χ2n) is 11.2. The smallest absolute Gasteiger partial charge is 0.306 e. The lowest BCUT2D eigenvalue weighted by molar-refractivity contribution is -0.757. The van der Waals surface area contributed by atoms with Crippen LogP contribution in [0, 0.1) is 38.7 Å². The number of hydrogen-bond acceptors (Lipinski definition) is 9. The third-order valence-corrected chi connectivity index (χ3v) is 9.45. The highest BCUT2D eigenvalue weighted by Crippen LogP contribution is 2.67. The summed E-state index contributed by atoms with van der Waals surface area (Å²) in [6.45, 7) is 3.27. The number of fused-ring (bicyclic) bond motifs is 5. The van der Waals surface area contributed by atoms with E-state index < -0.39 is 46.0 Å². The number of unbranched alkanes of at least 4 members (excludes halogenated alkanes) is 1. The average molecular weight is 506 g/mol. The molecular weight excluding hydrogens is 470 g/mol. The SMILES string of the molecule is C[C@]12C=CC(=O)C=C1CC[C@@H]1[C@@H]2C(O)C[C@@]2(C)[C@H]1CC[C@]2(O)C(=O)COC(=O)CCCCO[N+](=O)[O-]. The molecule has 4 aliphatic carbocycles. The highest BCUT2D eigenvalue weighted by molar-refractivity contribution is 6.01. The lowest BCUT2D eigenvalue weighted by Gasteiger charge is -2.59. The number of allylic oxidation sites excluding steroid dienone is 4. The number of aliphatic hydroxyl groups is 2. The molecular formula is C26H35NO9. The number of hydrogen-bond donors (Lipinski definition) is 2. The molecule has 7 atom stereocenters. The van der Waals surface area contributed by atoms with E-state index in [1.165, 1.54) is 0 Å². The van der Waals surface area contributed by atoms with Crippen molar-refractivity contribution in [2.75, 3.05) is 13.2 Å². The summed E-state index contributed by atoms with van der Waals surface area (Å²) in [5.41, 5.74) is -1.95. The van der Waals surface area contributed by atoms with Crippen molar-refractivity contribution < 1.29 is 39.3 Å². The Morgan fingerprint density at radius 2 is 2.00 bits per heavy atom. The zero-order valence-electron chi connectivity index (χ0n) is 20.8. The zero-order valence-corrected chi connectivity index (χ0v) is 20.8. The number of carbonyl (C=O) groups is 3. The first-order valence-corrected chi connectivity index (χ1v) is 12.7. The van der Waals surface area contributed by atoms with E-state index in [2.05, 4.69) is 11.8 Å². The monoisotopic (exact) mass is 505 g/mol. The van der Waals surface area contributed by atoms with E-state index in [4.69, 9.17) is 4.74 Å². The fraction of sp³-hybridized carbons (Fsp3) is 0.731. The summed E-state index contributed by atoms with van der Waals surface area (Å²) in [6.07, 6.45) is 7.67. The number of Topliss-reactive ketones (excluding diaryl/α,β-unsaturated/α-hetero) is 1. The zero-order chi connectivity index (χ0) is 26.3. The van der Waals surface area contributed by atoms with Crippen LogP contribution in [-0.4, -0.2) is 57.8 Å². The molecule has 0 radical (unpaired) electrons. The molecule has 1 unspecified atom stereocenters. The largest absolute Gasteiger partial charge is 0.458 e. The van der Waals surface area contributed by atoms with Crippen LogP contribution < -0.4 is 0 Å². The molecule has 0 spiro atoms. The number of ether oxygens (including phenoxy) is 1. The third-order valence-electron chi connectivity index (χ3n) is 9.45. The van der Waals surface area contributed by atoms with Crippen LogP contribution in [0.1, 0.15) is 65.2 Å². The van der Waals surface area contributed by atoms with Gasteiger partial charge in [0.1, 0.15) is 5.60 Å². The normalized spacial score (nSPS) is 38.9. The van der Waals surface area contributed by atoms with Gasteiger partial charge in [0.15, 0.2) is 12.4 Å². The van der Waals surface area contributed by atoms with Crippen LogP contribution in [0.2, 0.25) is 0 Å². The maximum atomic E-state index is 13.2. The van der Waals surface area contributed by atoms with Gasteiger partial charge in [-0.25, -0.2) is 0 Å². The molecule has 0 heterocycles. The molecule has 4 aliphatic rings. The summed E-state index contributed by atoms with van der Waals surface area (Å²) in [5, 5.41) is 32.3. The third kappa shape index (κ3) is 4.38. The van der Waals surface area contributed by atoms with Gasteiger partial charge in [-0.05, 0) is 68.9 Å². The van der Waals surface area contributed by atoms with Gasteiger partial charge < -0.3 is 19.8 Å². The van der Waals surface area contributed by atoms with Crippen LogP contribution in [0.4, 0.5) is 0 Å². The van der Waals surface area contributed by atoms with Crippen molar-refractivity contribution in [3.8, 4) is 0 Å². The second-order valence-corrected chi connectivity index (χ2v) is 11.2. The van der Waals surface area contributed by atoms with Crippen LogP contribution in [0.3, 0.4) is 0 Å². The molecule has 0 saturated heterocycles. The van der Waals surface area contributed by atoms with E-state index in [1.54, 1.807) is 12.2 Å². The number of aliphatic hydroxyl groups excluding tert-OH is 1. The Kier molecular flexibility index (Phi) is 7.13. The fourth-order valence-corrected chi connectivity index (χ4v) is 7.64. The minimum absolute atomic E-state index is 0.0143. The second kappa shape index (κ2) is 9.70. The van der Waals surface area contributed by atoms with E-state index in [0.717, 1.165) is 18.4 Å². The first-order chi connectivity index (χ1) is 16.9. The number of carbonyl (C=O) groups excluding carboxylic acids is 3. The van der Waals surface area contributed by atoms with Crippen LogP contribution >= 0.6 is 0 Å². The van der Waals surface area contributed by atoms with Gasteiger partial charge in [0, 0.05) is 23.2 Å². The highest BCUT2D eigenvalue weighted by Gasteiger charge is 2.68. The van der Waals surface area contributed by atoms with Gasteiger partial charge in [0.05, 0.1) is 12.7 Å². The van der Waals surface area contributed by atoms with Crippen molar-refractivity contribution in [1.82, 2.24) is 0 Å². The van der Waals surface area contributed by atoms with Crippen molar-refractivity contribution >= 4 is 17.5 Å². The molecule has 2 N–H and O–H groups in total. The quantitative estimate of drug-likeness (QED) is 0.208. The van der Waals surface area contributed by atoms with Crippen LogP contribution in [0.5, 0.6) is 0 Å². The Hall–Kier alpha value is -2.59. The summed E-state index contributed by atoms with van der Waals surface area (Å²) in [6, 6.07) is 0. The van der Waals surface area contributed by atoms with Gasteiger partial charge in [-0.3, -0.25) is 14.4 Å². The molecule has 0 amide bonds. The van der Waals surface area contributed by atoms with Crippen molar-refractivity contribution in [2.45, 2.75) is 76.9 Å². The molecule has 198 valence electrons. The maximum Gasteiger partial charge on any atom is 0.306 e. The van der Waals surface area contributed by atoms with Crippen molar-refractivity contribution in [3.05, 3.63) is 33.9 Å². The number of ketones is 2. The Labute approximate surface area is 209 Å². The van der Waals surface area contributed by atoms with E-state index >= 15 is 0 Å². The number of esters is 1. The molecule has 0 aromatic rings. The van der Waals surface area contributed by atoms with Crippen molar-refractivity contribution in [2.24, 2.45) is 28.6 Å². The van der Waals surface area contributed by atoms with E-state index in [9.17, 15) is 34.7 Å². The first-order valence-electron chi connectivity index (χ1n) is 12.7. The first kappa shape index (κ1) is 26.5. The van der Waals surface area contributed by atoms with Gasteiger partial charge in [-0.2, -0.15) is 0 Å². The van der Waals surface area contributed by atoms with Gasteiger partial charge >= 0.3 is 5.97 Å². The fourth-order valence-electron chi connectivity index (χ4n) is 7.64. The van der Waals surface area contributed by atoms with Gasteiger partial charge in [0.25, 0.3) is 5.09 Å². The molecule has 0 bridgehead atoms. The van der Waals surface area contributed by atoms with Gasteiger partial charge in [-0.15, -0.1) is 10.1 Å². The minimum Gasteiger partial charge on any atom is -0.458 e. The Bertz CT molecular complexity index is 1010. The Morgan fingerprint density at radius 3 is 2.72 bits per heavy atom. The van der Waals surface area contributed by atoms with Gasteiger partial charge in [-0.1, -0.05) is 25.5 Å².